The van der Waals surface area contributed by atoms with E-state index in [4.69, 9.17) is 16.3 Å². The van der Waals surface area contributed by atoms with Crippen LogP contribution in [0.4, 0.5) is 0 Å². The zero-order valence-corrected chi connectivity index (χ0v) is 13.1. The largest absolute Gasteiger partial charge is 0.489 e. The Morgan fingerprint density at radius 3 is 2.74 bits per heavy atom. The Balaban J connectivity index is 1.98. The van der Waals surface area contributed by atoms with Crippen LogP contribution in [0.25, 0.3) is 0 Å². The van der Waals surface area contributed by atoms with Gasteiger partial charge in [-0.2, -0.15) is 0 Å². The fraction of sp³-hybridized carbons (Fsp3) is 0.625. The molecule has 1 saturated carbocycles. The van der Waals surface area contributed by atoms with E-state index in [9.17, 15) is 0 Å². The van der Waals surface area contributed by atoms with Crippen molar-refractivity contribution in [1.29, 1.82) is 0 Å². The number of benzene rings is 1. The van der Waals surface area contributed by atoms with Gasteiger partial charge in [0.05, 0.1) is 0 Å². The van der Waals surface area contributed by atoms with Crippen molar-refractivity contribution in [3.63, 3.8) is 0 Å². The van der Waals surface area contributed by atoms with Crippen LogP contribution in [-0.2, 0) is 0 Å². The Morgan fingerprint density at radius 1 is 1.42 bits per heavy atom. The molecule has 19 heavy (non-hydrogen) atoms. The third kappa shape index (κ3) is 3.06. The van der Waals surface area contributed by atoms with Crippen LogP contribution in [0.5, 0.6) is 5.75 Å². The highest BCUT2D eigenvalue weighted by atomic mass is 35.5. The maximum absolute atomic E-state index is 6.16. The van der Waals surface area contributed by atoms with Crippen LogP contribution in [0.15, 0.2) is 18.2 Å². The van der Waals surface area contributed by atoms with Crippen LogP contribution in [0.3, 0.4) is 0 Å². The standard InChI is InChI=1S/C16H24ClNO/c1-5-8-18-14-10-15(16(14,3)4)19-13-7-6-12(17)9-11(13)2/h6-7,9,14-15,18H,5,8,10H2,1-4H3. The van der Waals surface area contributed by atoms with Crippen LogP contribution < -0.4 is 10.1 Å². The SMILES string of the molecule is CCCNC1CC(Oc2ccc(Cl)cc2C)C1(C)C. The minimum atomic E-state index is 0.182. The van der Waals surface area contributed by atoms with Gasteiger partial charge in [0.1, 0.15) is 11.9 Å². The zero-order valence-electron chi connectivity index (χ0n) is 12.3. The second kappa shape index (κ2) is 5.72. The maximum atomic E-state index is 6.16. The molecule has 0 radical (unpaired) electrons. The predicted octanol–water partition coefficient (Wildman–Crippen LogP) is 4.19. The summed E-state index contributed by atoms with van der Waals surface area (Å²) in [5.41, 5.74) is 1.29. The number of nitrogens with one attached hydrogen (secondary N) is 1. The predicted molar refractivity (Wildman–Crippen MR) is 81.1 cm³/mol. The van der Waals surface area contributed by atoms with Crippen LogP contribution >= 0.6 is 11.6 Å². The summed E-state index contributed by atoms with van der Waals surface area (Å²) >= 11 is 5.97. The molecule has 0 aliphatic heterocycles. The van der Waals surface area contributed by atoms with E-state index >= 15 is 0 Å². The van der Waals surface area contributed by atoms with Gasteiger partial charge >= 0.3 is 0 Å². The molecule has 1 aliphatic rings. The average Bonchev–Trinajstić information content (AvgIpc) is 2.35. The summed E-state index contributed by atoms with van der Waals surface area (Å²) in [7, 11) is 0. The summed E-state index contributed by atoms with van der Waals surface area (Å²) in [6.07, 6.45) is 2.53. The van der Waals surface area contributed by atoms with E-state index in [1.807, 2.05) is 25.1 Å². The number of halogens is 1. The Morgan fingerprint density at radius 2 is 2.16 bits per heavy atom. The highest BCUT2D eigenvalue weighted by Crippen LogP contribution is 2.43. The fourth-order valence-corrected chi connectivity index (χ4v) is 2.88. The van der Waals surface area contributed by atoms with Gasteiger partial charge in [0.2, 0.25) is 0 Å². The summed E-state index contributed by atoms with van der Waals surface area (Å²) in [5, 5.41) is 4.36. The van der Waals surface area contributed by atoms with Crippen molar-refractivity contribution in [2.24, 2.45) is 5.41 Å². The highest BCUT2D eigenvalue weighted by molar-refractivity contribution is 6.30. The quantitative estimate of drug-likeness (QED) is 0.874. The smallest absolute Gasteiger partial charge is 0.122 e. The summed E-state index contributed by atoms with van der Waals surface area (Å²) in [6, 6.07) is 6.38. The average molecular weight is 282 g/mol. The van der Waals surface area contributed by atoms with Gasteiger partial charge in [0.25, 0.3) is 0 Å². The van der Waals surface area contributed by atoms with E-state index in [0.717, 1.165) is 29.3 Å². The molecule has 0 spiro atoms. The number of aryl methyl sites for hydroxylation is 1. The van der Waals surface area contributed by atoms with E-state index < -0.39 is 0 Å². The number of hydrogen-bond donors (Lipinski definition) is 1. The molecule has 0 heterocycles. The van der Waals surface area contributed by atoms with Crippen molar-refractivity contribution in [3.05, 3.63) is 28.8 Å². The molecule has 2 rings (SSSR count). The molecule has 2 unspecified atom stereocenters. The first-order chi connectivity index (χ1) is 8.95. The zero-order chi connectivity index (χ0) is 14.0. The normalized spacial score (nSPS) is 24.9. The van der Waals surface area contributed by atoms with E-state index in [1.54, 1.807) is 0 Å². The third-order valence-corrected chi connectivity index (χ3v) is 4.46. The Hall–Kier alpha value is -0.730. The molecule has 2 atom stereocenters. The molecule has 0 aromatic heterocycles. The minimum absolute atomic E-state index is 0.182. The van der Waals surface area contributed by atoms with Crippen molar-refractivity contribution in [2.45, 2.75) is 52.7 Å². The molecular formula is C16H24ClNO. The van der Waals surface area contributed by atoms with Crippen molar-refractivity contribution >= 4 is 11.6 Å². The molecule has 1 aromatic rings. The number of ether oxygens (including phenoxy) is 1. The monoisotopic (exact) mass is 281 g/mol. The fourth-order valence-electron chi connectivity index (χ4n) is 2.65. The summed E-state index contributed by atoms with van der Waals surface area (Å²) < 4.78 is 6.16. The van der Waals surface area contributed by atoms with Gasteiger partial charge in [-0.3, -0.25) is 0 Å². The molecule has 2 nitrogen and oxygen atoms in total. The topological polar surface area (TPSA) is 21.3 Å². The lowest BCUT2D eigenvalue weighted by Gasteiger charge is -2.51. The lowest BCUT2D eigenvalue weighted by Crippen LogP contribution is -2.62. The number of hydrogen-bond acceptors (Lipinski definition) is 2. The first-order valence-corrected chi connectivity index (χ1v) is 7.49. The molecule has 0 amide bonds. The van der Waals surface area contributed by atoms with Gasteiger partial charge in [0, 0.05) is 22.9 Å². The van der Waals surface area contributed by atoms with Gasteiger partial charge in [-0.25, -0.2) is 0 Å². The van der Waals surface area contributed by atoms with Gasteiger partial charge in [-0.1, -0.05) is 32.4 Å². The maximum Gasteiger partial charge on any atom is 0.122 e. The summed E-state index contributed by atoms with van der Waals surface area (Å²) in [5.74, 6) is 0.955. The van der Waals surface area contributed by atoms with Crippen LogP contribution in [-0.4, -0.2) is 18.7 Å². The highest BCUT2D eigenvalue weighted by Gasteiger charge is 2.49. The second-order valence-corrected chi connectivity index (χ2v) is 6.52. The van der Waals surface area contributed by atoms with E-state index in [2.05, 4.69) is 26.1 Å². The van der Waals surface area contributed by atoms with E-state index in [-0.39, 0.29) is 11.5 Å². The van der Waals surface area contributed by atoms with Crippen molar-refractivity contribution in [3.8, 4) is 5.75 Å². The minimum Gasteiger partial charge on any atom is -0.489 e. The first-order valence-electron chi connectivity index (χ1n) is 7.11. The Bertz CT molecular complexity index is 444. The van der Waals surface area contributed by atoms with Crippen LogP contribution in [0, 0.1) is 12.3 Å². The van der Waals surface area contributed by atoms with E-state index in [1.165, 1.54) is 6.42 Å². The molecule has 1 fully saturated rings. The molecule has 0 bridgehead atoms. The van der Waals surface area contributed by atoms with Crippen molar-refractivity contribution in [2.75, 3.05) is 6.54 Å². The molecule has 0 saturated heterocycles. The van der Waals surface area contributed by atoms with Gasteiger partial charge in [-0.15, -0.1) is 0 Å². The molecule has 1 aliphatic carbocycles. The number of rotatable bonds is 5. The molecule has 1 N–H and O–H groups in total. The van der Waals surface area contributed by atoms with Crippen LogP contribution in [0.1, 0.15) is 39.2 Å². The molecule has 3 heteroatoms. The van der Waals surface area contributed by atoms with Crippen molar-refractivity contribution in [1.82, 2.24) is 5.32 Å². The third-order valence-electron chi connectivity index (χ3n) is 4.22. The summed E-state index contributed by atoms with van der Waals surface area (Å²) in [6.45, 7) is 9.88. The van der Waals surface area contributed by atoms with Gasteiger partial charge < -0.3 is 10.1 Å². The van der Waals surface area contributed by atoms with Crippen molar-refractivity contribution < 1.29 is 4.74 Å². The summed E-state index contributed by atoms with van der Waals surface area (Å²) in [4.78, 5) is 0. The molecule has 1 aromatic carbocycles. The van der Waals surface area contributed by atoms with E-state index in [0.29, 0.717) is 6.04 Å². The van der Waals surface area contributed by atoms with Gasteiger partial charge in [-0.05, 0) is 43.7 Å². The van der Waals surface area contributed by atoms with Crippen LogP contribution in [0.2, 0.25) is 5.02 Å². The second-order valence-electron chi connectivity index (χ2n) is 6.08. The Kier molecular flexibility index (Phi) is 4.42. The van der Waals surface area contributed by atoms with Gasteiger partial charge in [0.15, 0.2) is 0 Å². The Labute approximate surface area is 121 Å². The molecular weight excluding hydrogens is 258 g/mol. The first kappa shape index (κ1) is 14.7. The lowest BCUT2D eigenvalue weighted by atomic mass is 9.64. The lowest BCUT2D eigenvalue weighted by molar-refractivity contribution is -0.0549. The molecule has 106 valence electrons.